The summed E-state index contributed by atoms with van der Waals surface area (Å²) in [7, 11) is 0. The number of ketones is 1. The van der Waals surface area contributed by atoms with Crippen molar-refractivity contribution in [2.24, 2.45) is 5.41 Å². The molecular weight excluding hydrogens is 339 g/mol. The molecule has 0 bridgehead atoms. The number of H-pyrrole nitrogens is 1. The number of hydrogen-bond acceptors (Lipinski definition) is 2. The van der Waals surface area contributed by atoms with E-state index in [2.05, 4.69) is 23.8 Å². The second-order valence-corrected chi connectivity index (χ2v) is 8.23. The third kappa shape index (κ3) is 3.20. The van der Waals surface area contributed by atoms with Crippen molar-refractivity contribution in [2.75, 3.05) is 0 Å². The molecule has 1 aliphatic rings. The van der Waals surface area contributed by atoms with Crippen LogP contribution in [0.4, 0.5) is 4.39 Å². The Kier molecular flexibility index (Phi) is 4.22. The minimum Gasteiger partial charge on any atom is -0.358 e. The Labute approximate surface area is 158 Å². The van der Waals surface area contributed by atoms with Gasteiger partial charge in [0, 0.05) is 42.1 Å². The van der Waals surface area contributed by atoms with Gasteiger partial charge in [0.25, 0.3) is 0 Å². The van der Waals surface area contributed by atoms with Crippen LogP contribution in [-0.2, 0) is 12.8 Å². The van der Waals surface area contributed by atoms with Gasteiger partial charge in [-0.05, 0) is 47.6 Å². The van der Waals surface area contributed by atoms with E-state index in [0.29, 0.717) is 24.0 Å². The summed E-state index contributed by atoms with van der Waals surface area (Å²) in [4.78, 5) is 20.6. The van der Waals surface area contributed by atoms with E-state index in [1.165, 1.54) is 0 Å². The van der Waals surface area contributed by atoms with Gasteiger partial charge in [-0.2, -0.15) is 0 Å². The van der Waals surface area contributed by atoms with Crippen LogP contribution >= 0.6 is 0 Å². The summed E-state index contributed by atoms with van der Waals surface area (Å²) < 4.78 is 14.7. The first-order valence-electron chi connectivity index (χ1n) is 9.27. The van der Waals surface area contributed by atoms with Gasteiger partial charge >= 0.3 is 0 Å². The number of carbonyl (C=O) groups is 1. The van der Waals surface area contributed by atoms with Crippen LogP contribution in [0.25, 0.3) is 11.3 Å². The van der Waals surface area contributed by atoms with Crippen LogP contribution in [0.3, 0.4) is 0 Å². The van der Waals surface area contributed by atoms with Crippen LogP contribution < -0.4 is 0 Å². The second-order valence-electron chi connectivity index (χ2n) is 8.23. The molecule has 0 aliphatic heterocycles. The maximum Gasteiger partial charge on any atom is 0.165 e. The molecule has 0 saturated carbocycles. The highest BCUT2D eigenvalue weighted by Crippen LogP contribution is 2.40. The fourth-order valence-electron chi connectivity index (χ4n) is 4.11. The predicted molar refractivity (Wildman–Crippen MR) is 104 cm³/mol. The predicted octanol–water partition coefficient (Wildman–Crippen LogP) is 5.27. The van der Waals surface area contributed by atoms with Gasteiger partial charge in [-0.15, -0.1) is 0 Å². The van der Waals surface area contributed by atoms with E-state index in [9.17, 15) is 9.18 Å². The summed E-state index contributed by atoms with van der Waals surface area (Å²) in [5, 5.41) is 0. The number of halogens is 1. The van der Waals surface area contributed by atoms with Crippen molar-refractivity contribution < 1.29 is 9.18 Å². The second kappa shape index (κ2) is 6.45. The number of aryl methyl sites for hydroxylation is 1. The summed E-state index contributed by atoms with van der Waals surface area (Å²) in [5.41, 5.74) is 5.63. The number of carbonyl (C=O) groups excluding carboxylic acids is 1. The highest BCUT2D eigenvalue weighted by Gasteiger charge is 2.35. The Morgan fingerprint density at radius 2 is 1.89 bits per heavy atom. The highest BCUT2D eigenvalue weighted by atomic mass is 19.1. The van der Waals surface area contributed by atoms with Crippen molar-refractivity contribution in [1.29, 1.82) is 0 Å². The number of nitrogens with one attached hydrogen (secondary N) is 1. The van der Waals surface area contributed by atoms with E-state index in [4.69, 9.17) is 0 Å². The molecule has 0 radical (unpaired) electrons. The average molecular weight is 362 g/mol. The monoisotopic (exact) mass is 362 g/mol. The fourth-order valence-corrected chi connectivity index (χ4v) is 4.11. The zero-order valence-electron chi connectivity index (χ0n) is 15.9. The van der Waals surface area contributed by atoms with Crippen LogP contribution in [0.2, 0.25) is 0 Å². The quantitative estimate of drug-likeness (QED) is 0.690. The van der Waals surface area contributed by atoms with E-state index in [1.54, 1.807) is 31.5 Å². The Hall–Kier alpha value is -2.75. The molecule has 2 aromatic heterocycles. The van der Waals surface area contributed by atoms with Gasteiger partial charge in [0.1, 0.15) is 5.82 Å². The molecule has 1 N–H and O–H groups in total. The normalized spacial score (nSPS) is 15.6. The lowest BCUT2D eigenvalue weighted by Gasteiger charge is -2.28. The van der Waals surface area contributed by atoms with Crippen LogP contribution in [0.15, 0.2) is 42.7 Å². The average Bonchev–Trinajstić information content (AvgIpc) is 2.97. The molecule has 0 fully saturated rings. The Morgan fingerprint density at radius 1 is 1.15 bits per heavy atom. The molecule has 138 valence electrons. The van der Waals surface area contributed by atoms with Crippen molar-refractivity contribution in [3.05, 3.63) is 76.5 Å². The molecule has 4 rings (SSSR count). The molecule has 1 aliphatic carbocycles. The molecule has 1 aromatic carbocycles. The van der Waals surface area contributed by atoms with Gasteiger partial charge < -0.3 is 4.98 Å². The minimum atomic E-state index is -0.197. The Morgan fingerprint density at radius 3 is 2.63 bits per heavy atom. The number of rotatable bonds is 3. The van der Waals surface area contributed by atoms with Crippen LogP contribution in [0.1, 0.15) is 53.0 Å². The van der Waals surface area contributed by atoms with E-state index in [-0.39, 0.29) is 17.0 Å². The van der Waals surface area contributed by atoms with Crippen LogP contribution in [0.5, 0.6) is 0 Å². The van der Waals surface area contributed by atoms with Crippen molar-refractivity contribution >= 4 is 5.78 Å². The summed E-state index contributed by atoms with van der Waals surface area (Å²) in [5.74, 6) is -0.0578. The maximum atomic E-state index is 14.7. The number of pyridine rings is 1. The standard InChI is InChI=1S/C23H23FN2O/c1-14-5-4-6-16(21(14)24)11-17-20-18(12-23(2,3)13-19(20)27)26-22(17)15-7-9-25-10-8-15/h4-10,26H,11-13H2,1-3H3. The van der Waals surface area contributed by atoms with Gasteiger partial charge in [0.15, 0.2) is 5.78 Å². The lowest BCUT2D eigenvalue weighted by molar-refractivity contribution is 0.0911. The first-order valence-corrected chi connectivity index (χ1v) is 9.27. The molecule has 3 aromatic rings. The molecule has 27 heavy (non-hydrogen) atoms. The topological polar surface area (TPSA) is 45.8 Å². The molecule has 0 spiro atoms. The Balaban J connectivity index is 1.90. The summed E-state index contributed by atoms with van der Waals surface area (Å²) in [6.45, 7) is 5.99. The van der Waals surface area contributed by atoms with E-state index >= 15 is 0 Å². The number of aromatic amines is 1. The number of benzene rings is 1. The molecule has 0 atom stereocenters. The first-order chi connectivity index (χ1) is 12.9. The lowest BCUT2D eigenvalue weighted by Crippen LogP contribution is -2.27. The molecule has 0 amide bonds. The van der Waals surface area contributed by atoms with Gasteiger partial charge in [0.05, 0.1) is 5.69 Å². The largest absolute Gasteiger partial charge is 0.358 e. The zero-order valence-corrected chi connectivity index (χ0v) is 15.9. The summed E-state index contributed by atoms with van der Waals surface area (Å²) >= 11 is 0. The Bertz CT molecular complexity index is 1020. The summed E-state index contributed by atoms with van der Waals surface area (Å²) in [6, 6.07) is 9.27. The molecule has 4 heteroatoms. The SMILES string of the molecule is Cc1cccc(Cc2c(-c3ccncc3)[nH]c3c2C(=O)CC(C)(C)C3)c1F. The number of nitrogens with zero attached hydrogens (tertiary/aromatic N) is 1. The van der Waals surface area contributed by atoms with Gasteiger partial charge in [-0.3, -0.25) is 9.78 Å². The van der Waals surface area contributed by atoms with E-state index in [0.717, 1.165) is 34.5 Å². The van der Waals surface area contributed by atoms with Gasteiger partial charge in [-0.25, -0.2) is 4.39 Å². The molecular formula is C23H23FN2O. The van der Waals surface area contributed by atoms with Gasteiger partial charge in [-0.1, -0.05) is 32.0 Å². The number of hydrogen-bond donors (Lipinski definition) is 1. The molecule has 0 unspecified atom stereocenters. The maximum absolute atomic E-state index is 14.7. The van der Waals surface area contributed by atoms with Crippen LogP contribution in [0, 0.1) is 18.2 Å². The minimum absolute atomic E-state index is 0.0731. The van der Waals surface area contributed by atoms with Crippen molar-refractivity contribution in [3.63, 3.8) is 0 Å². The molecule has 2 heterocycles. The fraction of sp³-hybridized carbons (Fsp3) is 0.304. The highest BCUT2D eigenvalue weighted by molar-refractivity contribution is 6.02. The zero-order chi connectivity index (χ0) is 19.2. The molecule has 0 saturated heterocycles. The summed E-state index contributed by atoms with van der Waals surface area (Å²) in [6.07, 6.45) is 5.18. The van der Waals surface area contributed by atoms with E-state index < -0.39 is 0 Å². The van der Waals surface area contributed by atoms with Crippen LogP contribution in [-0.4, -0.2) is 15.8 Å². The third-order valence-electron chi connectivity index (χ3n) is 5.36. The van der Waals surface area contributed by atoms with Gasteiger partial charge in [0.2, 0.25) is 0 Å². The smallest absolute Gasteiger partial charge is 0.165 e. The number of aromatic nitrogens is 2. The van der Waals surface area contributed by atoms with Crippen molar-refractivity contribution in [1.82, 2.24) is 9.97 Å². The number of Topliss-reactive ketones (excluding diaryl/α,β-unsaturated/α-hetero) is 1. The lowest BCUT2D eigenvalue weighted by atomic mass is 9.75. The first kappa shape index (κ1) is 17.7. The van der Waals surface area contributed by atoms with Crippen molar-refractivity contribution in [2.45, 2.75) is 40.0 Å². The third-order valence-corrected chi connectivity index (χ3v) is 5.36. The van der Waals surface area contributed by atoms with Crippen molar-refractivity contribution in [3.8, 4) is 11.3 Å². The molecule has 3 nitrogen and oxygen atoms in total. The van der Waals surface area contributed by atoms with E-state index in [1.807, 2.05) is 18.2 Å². The number of fused-ring (bicyclic) bond motifs is 1.